The maximum Gasteiger partial charge on any atom is 0.325 e. The van der Waals surface area contributed by atoms with E-state index in [4.69, 9.17) is 28.0 Å². The molecule has 1 saturated heterocycles. The number of amides is 1. The molecule has 0 radical (unpaired) electrons. The van der Waals surface area contributed by atoms with Gasteiger partial charge in [0.15, 0.2) is 5.76 Å². The number of thiazole rings is 1. The van der Waals surface area contributed by atoms with E-state index in [1.165, 1.54) is 11.3 Å². The van der Waals surface area contributed by atoms with Crippen LogP contribution in [0.4, 0.5) is 0 Å². The van der Waals surface area contributed by atoms with E-state index < -0.39 is 0 Å². The summed E-state index contributed by atoms with van der Waals surface area (Å²) in [4.78, 5) is 24.2. The molecule has 0 spiro atoms. The van der Waals surface area contributed by atoms with Crippen LogP contribution in [-0.4, -0.2) is 75.0 Å². The first kappa shape index (κ1) is 29.0. The number of imidazole rings is 1. The molecule has 6 aromatic rings. The molecule has 2 aromatic carbocycles. The Hall–Kier alpha value is -4.72. The molecule has 0 bridgehead atoms. The van der Waals surface area contributed by atoms with Crippen LogP contribution in [-0.2, 0) is 17.8 Å². The summed E-state index contributed by atoms with van der Waals surface area (Å²) in [6.07, 6.45) is 3.22. The molecule has 1 aliphatic heterocycles. The van der Waals surface area contributed by atoms with E-state index in [0.29, 0.717) is 65.5 Å². The van der Waals surface area contributed by atoms with Gasteiger partial charge in [0.05, 0.1) is 43.6 Å². The summed E-state index contributed by atoms with van der Waals surface area (Å²) < 4.78 is 30.6. The highest BCUT2D eigenvalue weighted by atomic mass is 32.1. The summed E-state index contributed by atoms with van der Waals surface area (Å²) in [6.45, 7) is 3.50. The van der Waals surface area contributed by atoms with Gasteiger partial charge in [0.25, 0.3) is 5.91 Å². The molecule has 232 valence electrons. The zero-order valence-corrected chi connectivity index (χ0v) is 25.6. The average molecular weight is 630 g/mol. The SMILES string of the molecule is CCc1nn2cc(-c3cc4c(OCc5csc(-c6ccc(C(=O)N(CCO)C7CCOC7)cc6)n5)cc(OC)cc4o3)nc2o1. The van der Waals surface area contributed by atoms with Gasteiger partial charge in [-0.15, -0.1) is 16.4 Å². The number of methoxy groups -OCH3 is 1. The van der Waals surface area contributed by atoms with E-state index in [1.807, 2.05) is 36.6 Å². The molecule has 13 heteroatoms. The Morgan fingerprint density at radius 2 is 2.04 bits per heavy atom. The molecule has 7 rings (SSSR count). The van der Waals surface area contributed by atoms with Crippen LogP contribution in [0.15, 0.2) is 62.9 Å². The number of furan rings is 1. The smallest absolute Gasteiger partial charge is 0.325 e. The number of ether oxygens (including phenoxy) is 3. The number of aliphatic hydroxyl groups excluding tert-OH is 1. The first-order valence-electron chi connectivity index (χ1n) is 14.7. The van der Waals surface area contributed by atoms with Gasteiger partial charge in [0.2, 0.25) is 5.89 Å². The lowest BCUT2D eigenvalue weighted by Crippen LogP contribution is -2.42. The number of aliphatic hydroxyl groups is 1. The number of carbonyl (C=O) groups excluding carboxylic acids is 1. The number of hydrogen-bond acceptors (Lipinski definition) is 11. The normalized spacial score (nSPS) is 14.9. The predicted molar refractivity (Wildman–Crippen MR) is 166 cm³/mol. The molecular weight excluding hydrogens is 598 g/mol. The van der Waals surface area contributed by atoms with Crippen LogP contribution in [0.3, 0.4) is 0 Å². The molecule has 5 heterocycles. The Labute approximate surface area is 261 Å². The number of benzene rings is 2. The van der Waals surface area contributed by atoms with Crippen molar-refractivity contribution in [2.45, 2.75) is 32.4 Å². The van der Waals surface area contributed by atoms with Crippen LogP contribution in [0.5, 0.6) is 11.5 Å². The first-order valence-corrected chi connectivity index (χ1v) is 15.5. The summed E-state index contributed by atoms with van der Waals surface area (Å²) in [6, 6.07) is 12.9. The van der Waals surface area contributed by atoms with E-state index in [0.717, 1.165) is 28.1 Å². The molecule has 0 saturated carbocycles. The summed E-state index contributed by atoms with van der Waals surface area (Å²) in [5.41, 5.74) is 3.41. The van der Waals surface area contributed by atoms with Crippen LogP contribution >= 0.6 is 11.3 Å². The molecule has 1 aliphatic rings. The summed E-state index contributed by atoms with van der Waals surface area (Å²) >= 11 is 1.50. The van der Waals surface area contributed by atoms with Gasteiger partial charge in [-0.2, -0.15) is 9.50 Å². The topological polar surface area (TPSA) is 138 Å². The van der Waals surface area contributed by atoms with Crippen molar-refractivity contribution < 1.29 is 32.9 Å². The number of carbonyl (C=O) groups is 1. The second-order valence-corrected chi connectivity index (χ2v) is 11.5. The highest BCUT2D eigenvalue weighted by molar-refractivity contribution is 7.13. The molecule has 0 aliphatic carbocycles. The van der Waals surface area contributed by atoms with Gasteiger partial charge in [0.1, 0.15) is 34.4 Å². The second kappa shape index (κ2) is 12.3. The van der Waals surface area contributed by atoms with Gasteiger partial charge < -0.3 is 33.1 Å². The Balaban J connectivity index is 1.07. The fraction of sp³-hybridized carbons (Fsp3) is 0.312. The molecule has 1 unspecified atom stereocenters. The zero-order valence-electron chi connectivity index (χ0n) is 24.8. The lowest BCUT2D eigenvalue weighted by molar-refractivity contribution is 0.0608. The second-order valence-electron chi connectivity index (χ2n) is 10.6. The van der Waals surface area contributed by atoms with E-state index in [1.54, 1.807) is 40.9 Å². The molecule has 12 nitrogen and oxygen atoms in total. The molecule has 1 amide bonds. The Bertz CT molecular complexity index is 1920. The largest absolute Gasteiger partial charge is 0.496 e. The van der Waals surface area contributed by atoms with Crippen molar-refractivity contribution in [3.8, 4) is 33.5 Å². The van der Waals surface area contributed by atoms with E-state index in [-0.39, 0.29) is 31.7 Å². The third-order valence-corrected chi connectivity index (χ3v) is 8.64. The van der Waals surface area contributed by atoms with Crippen molar-refractivity contribution in [2.75, 3.05) is 33.5 Å². The van der Waals surface area contributed by atoms with Crippen molar-refractivity contribution in [2.24, 2.45) is 0 Å². The van der Waals surface area contributed by atoms with Crippen LogP contribution in [0, 0.1) is 0 Å². The van der Waals surface area contributed by atoms with E-state index >= 15 is 0 Å². The van der Waals surface area contributed by atoms with Crippen molar-refractivity contribution in [1.82, 2.24) is 24.5 Å². The van der Waals surface area contributed by atoms with Gasteiger partial charge in [-0.05, 0) is 24.6 Å². The molecule has 1 N–H and O–H groups in total. The zero-order chi connectivity index (χ0) is 30.9. The quantitative estimate of drug-likeness (QED) is 0.203. The van der Waals surface area contributed by atoms with Crippen LogP contribution in [0.2, 0.25) is 0 Å². The average Bonchev–Trinajstić information content (AvgIpc) is 3.90. The van der Waals surface area contributed by atoms with Gasteiger partial charge in [-0.1, -0.05) is 19.1 Å². The summed E-state index contributed by atoms with van der Waals surface area (Å²) in [5.74, 6) is 2.64. The third-order valence-electron chi connectivity index (χ3n) is 7.70. The number of fused-ring (bicyclic) bond motifs is 2. The van der Waals surface area contributed by atoms with Crippen LogP contribution in [0.1, 0.15) is 35.3 Å². The first-order chi connectivity index (χ1) is 22.0. The minimum Gasteiger partial charge on any atom is -0.496 e. The monoisotopic (exact) mass is 629 g/mol. The highest BCUT2D eigenvalue weighted by Crippen LogP contribution is 2.37. The lowest BCUT2D eigenvalue weighted by Gasteiger charge is -2.27. The Morgan fingerprint density at radius 1 is 1.18 bits per heavy atom. The molecule has 1 atom stereocenters. The minimum atomic E-state index is -0.115. The number of aryl methyl sites for hydroxylation is 1. The number of hydrogen-bond donors (Lipinski definition) is 1. The van der Waals surface area contributed by atoms with Crippen molar-refractivity contribution in [3.05, 3.63) is 71.2 Å². The number of nitrogens with zero attached hydrogens (tertiary/aromatic N) is 5. The standard InChI is InChI=1S/C32H31N5O7S/c1-3-29-35-37-15-25(34-32(37)44-29)28-14-24-26(12-23(40-2)13-27(24)43-28)42-16-21-18-45-30(33-21)19-4-6-20(7-5-19)31(39)36(9-10-38)22-8-11-41-17-22/h4-7,12-15,18,22,38H,3,8-11,16-17H2,1-2H3. The van der Waals surface area contributed by atoms with Crippen molar-refractivity contribution in [1.29, 1.82) is 0 Å². The fourth-order valence-corrected chi connectivity index (χ4v) is 6.16. The Kier molecular flexibility index (Phi) is 7.96. The van der Waals surface area contributed by atoms with Gasteiger partial charge >= 0.3 is 5.84 Å². The maximum absolute atomic E-state index is 13.2. The summed E-state index contributed by atoms with van der Waals surface area (Å²) in [5, 5.41) is 17.4. The Morgan fingerprint density at radius 3 is 2.78 bits per heavy atom. The molecule has 1 fully saturated rings. The van der Waals surface area contributed by atoms with Gasteiger partial charge in [-0.25, -0.2) is 4.98 Å². The van der Waals surface area contributed by atoms with E-state index in [9.17, 15) is 9.90 Å². The fourth-order valence-electron chi connectivity index (χ4n) is 5.35. The van der Waals surface area contributed by atoms with Crippen molar-refractivity contribution in [3.63, 3.8) is 0 Å². The van der Waals surface area contributed by atoms with Crippen LogP contribution in [0.25, 0.3) is 38.8 Å². The molecule has 45 heavy (non-hydrogen) atoms. The molecular formula is C32H31N5O7S. The molecule has 4 aromatic heterocycles. The maximum atomic E-state index is 13.2. The third kappa shape index (κ3) is 5.77. The lowest BCUT2D eigenvalue weighted by atomic mass is 10.1. The number of rotatable bonds is 11. The number of aromatic nitrogens is 4. The minimum absolute atomic E-state index is 0.0183. The summed E-state index contributed by atoms with van der Waals surface area (Å²) in [7, 11) is 1.59. The van der Waals surface area contributed by atoms with Gasteiger partial charge in [0, 0.05) is 48.2 Å². The van der Waals surface area contributed by atoms with Gasteiger partial charge in [-0.3, -0.25) is 4.79 Å². The highest BCUT2D eigenvalue weighted by Gasteiger charge is 2.28. The van der Waals surface area contributed by atoms with Crippen molar-refractivity contribution >= 4 is 34.1 Å². The van der Waals surface area contributed by atoms with E-state index in [2.05, 4.69) is 10.1 Å². The predicted octanol–water partition coefficient (Wildman–Crippen LogP) is 5.23. The van der Waals surface area contributed by atoms with Crippen LogP contribution < -0.4 is 9.47 Å².